The van der Waals surface area contributed by atoms with Gasteiger partial charge in [-0.3, -0.25) is 9.78 Å². The molecule has 0 atom stereocenters. The second-order valence-electron chi connectivity index (χ2n) is 4.81. The number of hydrogen-bond donors (Lipinski definition) is 3. The molecule has 1 heterocycles. The topological polar surface area (TPSA) is 78.4 Å². The van der Waals surface area contributed by atoms with Gasteiger partial charge in [0.2, 0.25) is 5.91 Å². The van der Waals surface area contributed by atoms with Gasteiger partial charge < -0.3 is 16.0 Å². The van der Waals surface area contributed by atoms with E-state index in [1.807, 2.05) is 6.92 Å². The summed E-state index contributed by atoms with van der Waals surface area (Å²) in [6.07, 6.45) is 5.85. The number of carbonyl (C=O) groups is 1. The molecule has 6 heteroatoms. The van der Waals surface area contributed by atoms with Crippen molar-refractivity contribution in [1.29, 1.82) is 0 Å². The smallest absolute Gasteiger partial charge is 0.246 e. The lowest BCUT2D eigenvalue weighted by Gasteiger charge is -2.10. The number of guanidine groups is 1. The number of carbonyl (C=O) groups excluding carboxylic acids is 1. The van der Waals surface area contributed by atoms with Gasteiger partial charge in [0, 0.05) is 19.3 Å². The monoisotopic (exact) mass is 275 g/mol. The highest BCUT2D eigenvalue weighted by atomic mass is 16.1. The number of rotatable bonds is 6. The summed E-state index contributed by atoms with van der Waals surface area (Å²) >= 11 is 0. The van der Waals surface area contributed by atoms with E-state index in [0.29, 0.717) is 11.6 Å². The summed E-state index contributed by atoms with van der Waals surface area (Å²) in [4.78, 5) is 20.0. The molecule has 3 N–H and O–H groups in total. The molecule has 0 aromatic carbocycles. The Kier molecular flexibility index (Phi) is 5.34. The van der Waals surface area contributed by atoms with Gasteiger partial charge in [-0.05, 0) is 37.8 Å². The van der Waals surface area contributed by atoms with Crippen molar-refractivity contribution in [3.63, 3.8) is 0 Å². The summed E-state index contributed by atoms with van der Waals surface area (Å²) in [6, 6.07) is 3.57. The predicted octanol–water partition coefficient (Wildman–Crippen LogP) is 0.985. The molecule has 0 radical (unpaired) electrons. The highest BCUT2D eigenvalue weighted by Crippen LogP contribution is 2.27. The van der Waals surface area contributed by atoms with E-state index in [-0.39, 0.29) is 12.5 Å². The third kappa shape index (κ3) is 5.26. The first-order valence-electron chi connectivity index (χ1n) is 7.00. The van der Waals surface area contributed by atoms with Crippen LogP contribution in [0.2, 0.25) is 0 Å². The molecule has 1 aromatic heterocycles. The van der Waals surface area contributed by atoms with Crippen molar-refractivity contribution in [2.45, 2.75) is 19.8 Å². The van der Waals surface area contributed by atoms with Gasteiger partial charge in [0.25, 0.3) is 0 Å². The Morgan fingerprint density at radius 2 is 2.30 bits per heavy atom. The Bertz CT molecular complexity index is 456. The van der Waals surface area contributed by atoms with Crippen molar-refractivity contribution in [3.05, 3.63) is 24.5 Å². The standard InChI is InChI=1S/C14H21N5O/c1-2-16-14(17-8-11-5-6-11)18-10-13(20)19-12-4-3-7-15-9-12/h3-4,7,9,11H,2,5-6,8,10H2,1H3,(H,19,20)(H2,16,17,18). The summed E-state index contributed by atoms with van der Waals surface area (Å²) in [5.41, 5.74) is 0.684. The number of nitrogens with zero attached hydrogens (tertiary/aromatic N) is 2. The zero-order chi connectivity index (χ0) is 14.2. The average molecular weight is 275 g/mol. The highest BCUT2D eigenvalue weighted by molar-refractivity contribution is 5.93. The first kappa shape index (κ1) is 14.3. The van der Waals surface area contributed by atoms with Gasteiger partial charge in [0.15, 0.2) is 5.96 Å². The van der Waals surface area contributed by atoms with Crippen molar-refractivity contribution in [2.75, 3.05) is 25.0 Å². The lowest BCUT2D eigenvalue weighted by atomic mass is 10.4. The molecule has 0 unspecified atom stereocenters. The summed E-state index contributed by atoms with van der Waals surface area (Å²) in [5.74, 6) is 1.31. The van der Waals surface area contributed by atoms with Crippen LogP contribution in [0, 0.1) is 5.92 Å². The van der Waals surface area contributed by atoms with E-state index >= 15 is 0 Å². The summed E-state index contributed by atoms with van der Waals surface area (Å²) in [6.45, 7) is 3.80. The summed E-state index contributed by atoms with van der Waals surface area (Å²) in [7, 11) is 0. The molecule has 1 saturated carbocycles. The van der Waals surface area contributed by atoms with Crippen LogP contribution in [-0.2, 0) is 4.79 Å². The molecule has 0 spiro atoms. The Labute approximate surface area is 119 Å². The fourth-order valence-corrected chi connectivity index (χ4v) is 1.69. The van der Waals surface area contributed by atoms with Crippen LogP contribution in [0.3, 0.4) is 0 Å². The average Bonchev–Trinajstić information content (AvgIpc) is 3.27. The Morgan fingerprint density at radius 3 is 2.95 bits per heavy atom. The van der Waals surface area contributed by atoms with Gasteiger partial charge >= 0.3 is 0 Å². The van der Waals surface area contributed by atoms with Crippen LogP contribution in [0.4, 0.5) is 5.69 Å². The zero-order valence-corrected chi connectivity index (χ0v) is 11.7. The molecule has 0 saturated heterocycles. The number of pyridine rings is 1. The lowest BCUT2D eigenvalue weighted by Crippen LogP contribution is -2.39. The molecule has 108 valence electrons. The van der Waals surface area contributed by atoms with Crippen LogP contribution in [0.25, 0.3) is 0 Å². The first-order valence-corrected chi connectivity index (χ1v) is 7.00. The molecule has 1 amide bonds. The van der Waals surface area contributed by atoms with Gasteiger partial charge in [0.05, 0.1) is 11.9 Å². The number of anilines is 1. The molecule has 2 rings (SSSR count). The van der Waals surface area contributed by atoms with Crippen molar-refractivity contribution >= 4 is 17.6 Å². The van der Waals surface area contributed by atoms with E-state index in [1.165, 1.54) is 12.8 Å². The van der Waals surface area contributed by atoms with Crippen LogP contribution in [0.15, 0.2) is 29.5 Å². The second kappa shape index (κ2) is 7.47. The van der Waals surface area contributed by atoms with E-state index in [2.05, 4.69) is 25.9 Å². The molecular weight excluding hydrogens is 254 g/mol. The Balaban J connectivity index is 1.79. The molecule has 6 nitrogen and oxygen atoms in total. The lowest BCUT2D eigenvalue weighted by molar-refractivity contribution is -0.114. The van der Waals surface area contributed by atoms with Gasteiger partial charge in [-0.2, -0.15) is 0 Å². The normalized spacial score (nSPS) is 14.8. The van der Waals surface area contributed by atoms with E-state index in [9.17, 15) is 4.79 Å². The molecule has 1 fully saturated rings. The predicted molar refractivity (Wildman–Crippen MR) is 79.6 cm³/mol. The molecular formula is C14H21N5O. The number of aliphatic imine (C=N–C) groups is 1. The van der Waals surface area contributed by atoms with Crippen LogP contribution < -0.4 is 16.0 Å². The fourth-order valence-electron chi connectivity index (χ4n) is 1.69. The van der Waals surface area contributed by atoms with E-state index in [1.54, 1.807) is 24.5 Å². The van der Waals surface area contributed by atoms with E-state index in [4.69, 9.17) is 0 Å². The molecule has 0 bridgehead atoms. The van der Waals surface area contributed by atoms with Crippen LogP contribution in [0.5, 0.6) is 0 Å². The molecule has 0 aliphatic heterocycles. The third-order valence-electron chi connectivity index (χ3n) is 2.93. The minimum absolute atomic E-state index is 0.0922. The number of amides is 1. The van der Waals surface area contributed by atoms with Crippen LogP contribution >= 0.6 is 0 Å². The van der Waals surface area contributed by atoms with Gasteiger partial charge in [-0.15, -0.1) is 0 Å². The van der Waals surface area contributed by atoms with E-state index in [0.717, 1.165) is 19.0 Å². The SMILES string of the molecule is CCNC(=NCC(=O)Nc1cccnc1)NCC1CC1. The van der Waals surface area contributed by atoms with Crippen molar-refractivity contribution < 1.29 is 4.79 Å². The molecule has 1 aliphatic rings. The molecule has 1 aliphatic carbocycles. The van der Waals surface area contributed by atoms with Crippen LogP contribution in [-0.4, -0.2) is 36.5 Å². The maximum absolute atomic E-state index is 11.8. The molecule has 20 heavy (non-hydrogen) atoms. The largest absolute Gasteiger partial charge is 0.357 e. The Hall–Kier alpha value is -2.11. The summed E-state index contributed by atoms with van der Waals surface area (Å²) in [5, 5.41) is 9.13. The minimum Gasteiger partial charge on any atom is -0.357 e. The maximum Gasteiger partial charge on any atom is 0.246 e. The van der Waals surface area contributed by atoms with Gasteiger partial charge in [0.1, 0.15) is 6.54 Å². The number of hydrogen-bond acceptors (Lipinski definition) is 3. The quantitative estimate of drug-likeness (QED) is 0.534. The van der Waals surface area contributed by atoms with Crippen molar-refractivity contribution in [3.8, 4) is 0 Å². The number of aromatic nitrogens is 1. The number of nitrogens with one attached hydrogen (secondary N) is 3. The van der Waals surface area contributed by atoms with Crippen molar-refractivity contribution in [2.24, 2.45) is 10.9 Å². The van der Waals surface area contributed by atoms with Gasteiger partial charge in [-0.25, -0.2) is 4.99 Å². The zero-order valence-electron chi connectivity index (χ0n) is 11.7. The van der Waals surface area contributed by atoms with Gasteiger partial charge in [-0.1, -0.05) is 0 Å². The third-order valence-corrected chi connectivity index (χ3v) is 2.93. The van der Waals surface area contributed by atoms with Crippen molar-refractivity contribution in [1.82, 2.24) is 15.6 Å². The summed E-state index contributed by atoms with van der Waals surface area (Å²) < 4.78 is 0. The minimum atomic E-state index is -0.151. The first-order chi connectivity index (χ1) is 9.78. The van der Waals surface area contributed by atoms with E-state index < -0.39 is 0 Å². The highest BCUT2D eigenvalue weighted by Gasteiger charge is 2.21. The maximum atomic E-state index is 11.8. The Morgan fingerprint density at radius 1 is 1.45 bits per heavy atom. The second-order valence-corrected chi connectivity index (χ2v) is 4.81. The fraction of sp³-hybridized carbons (Fsp3) is 0.500. The molecule has 1 aromatic rings. The van der Waals surface area contributed by atoms with Crippen LogP contribution in [0.1, 0.15) is 19.8 Å².